The van der Waals surface area contributed by atoms with Gasteiger partial charge < -0.3 is 10.6 Å². The van der Waals surface area contributed by atoms with Gasteiger partial charge in [0.15, 0.2) is 0 Å². The second kappa shape index (κ2) is 5.69. The van der Waals surface area contributed by atoms with Crippen molar-refractivity contribution >= 4 is 33.1 Å². The number of hydrogen-bond acceptors (Lipinski definition) is 5. The number of anilines is 2. The third-order valence-electron chi connectivity index (χ3n) is 3.44. The van der Waals surface area contributed by atoms with Crippen LogP contribution in [0.1, 0.15) is 19.4 Å². The number of hydrogen-bond donors (Lipinski definition) is 1. The molecule has 108 valence electrons. The van der Waals surface area contributed by atoms with Gasteiger partial charge in [-0.05, 0) is 43.0 Å². The summed E-state index contributed by atoms with van der Waals surface area (Å²) < 4.78 is 0. The number of benzene rings is 1. The molecule has 3 rings (SSSR count). The molecule has 2 N–H and O–H groups in total. The van der Waals surface area contributed by atoms with Crippen LogP contribution in [0.25, 0.3) is 10.2 Å². The molecule has 0 aliphatic rings. The zero-order valence-electron chi connectivity index (χ0n) is 12.2. The predicted octanol–water partition coefficient (Wildman–Crippen LogP) is 3.69. The highest BCUT2D eigenvalue weighted by atomic mass is 32.1. The van der Waals surface area contributed by atoms with E-state index in [1.165, 1.54) is 5.56 Å². The summed E-state index contributed by atoms with van der Waals surface area (Å²) in [7, 11) is 0. The third kappa shape index (κ3) is 2.83. The average Bonchev–Trinajstić information content (AvgIpc) is 2.93. The van der Waals surface area contributed by atoms with E-state index in [2.05, 4.69) is 46.2 Å². The zero-order chi connectivity index (χ0) is 14.8. The lowest BCUT2D eigenvalue weighted by Gasteiger charge is -2.28. The maximum Gasteiger partial charge on any atom is 0.141 e. The standard InChI is InChI=1S/C16H18N4S/c1-11(2)20(9-12-4-3-5-13(17)8-12)15-14-6-7-21-16(14)19-10-18-15/h3-8,10-11H,9,17H2,1-2H3. The van der Waals surface area contributed by atoms with E-state index >= 15 is 0 Å². The summed E-state index contributed by atoms with van der Waals surface area (Å²) in [6.45, 7) is 5.13. The van der Waals surface area contributed by atoms with Crippen molar-refractivity contribution < 1.29 is 0 Å². The first-order valence-corrected chi connectivity index (χ1v) is 7.82. The Kier molecular flexibility index (Phi) is 3.75. The van der Waals surface area contributed by atoms with Crippen molar-refractivity contribution in [1.29, 1.82) is 0 Å². The second-order valence-corrected chi connectivity index (χ2v) is 6.20. The van der Waals surface area contributed by atoms with E-state index in [1.54, 1.807) is 17.7 Å². The van der Waals surface area contributed by atoms with Crippen molar-refractivity contribution in [3.05, 3.63) is 47.6 Å². The molecule has 0 fully saturated rings. The van der Waals surface area contributed by atoms with Crippen molar-refractivity contribution in [1.82, 2.24) is 9.97 Å². The summed E-state index contributed by atoms with van der Waals surface area (Å²) in [5.74, 6) is 0.985. The first-order chi connectivity index (χ1) is 10.1. The van der Waals surface area contributed by atoms with Crippen LogP contribution in [0.15, 0.2) is 42.0 Å². The molecule has 0 amide bonds. The van der Waals surface area contributed by atoms with E-state index in [4.69, 9.17) is 5.73 Å². The van der Waals surface area contributed by atoms with Crippen LogP contribution in [0.2, 0.25) is 0 Å². The Morgan fingerprint density at radius 3 is 2.86 bits per heavy atom. The largest absolute Gasteiger partial charge is 0.399 e. The summed E-state index contributed by atoms with van der Waals surface area (Å²) in [6, 6.07) is 10.4. The van der Waals surface area contributed by atoms with Crippen LogP contribution in [0.5, 0.6) is 0 Å². The predicted molar refractivity (Wildman–Crippen MR) is 89.6 cm³/mol. The fourth-order valence-corrected chi connectivity index (χ4v) is 3.12. The monoisotopic (exact) mass is 298 g/mol. The maximum atomic E-state index is 5.88. The molecule has 3 aromatic rings. The molecular weight excluding hydrogens is 280 g/mol. The molecule has 0 spiro atoms. The molecule has 0 aliphatic heterocycles. The second-order valence-electron chi connectivity index (χ2n) is 5.30. The Labute approximate surface area is 128 Å². The third-order valence-corrected chi connectivity index (χ3v) is 4.26. The minimum atomic E-state index is 0.337. The highest BCUT2D eigenvalue weighted by Gasteiger charge is 2.16. The highest BCUT2D eigenvalue weighted by molar-refractivity contribution is 7.16. The summed E-state index contributed by atoms with van der Waals surface area (Å²) >= 11 is 1.64. The van der Waals surface area contributed by atoms with E-state index in [9.17, 15) is 0 Å². The topological polar surface area (TPSA) is 55.0 Å². The van der Waals surface area contributed by atoms with Gasteiger partial charge in [-0.2, -0.15) is 0 Å². The fourth-order valence-electron chi connectivity index (χ4n) is 2.40. The Morgan fingerprint density at radius 2 is 2.10 bits per heavy atom. The molecule has 2 heterocycles. The zero-order valence-corrected chi connectivity index (χ0v) is 13.0. The van der Waals surface area contributed by atoms with Crippen LogP contribution in [-0.2, 0) is 6.54 Å². The van der Waals surface area contributed by atoms with Gasteiger partial charge in [0.25, 0.3) is 0 Å². The first-order valence-electron chi connectivity index (χ1n) is 6.94. The van der Waals surface area contributed by atoms with Crippen LogP contribution < -0.4 is 10.6 Å². The number of fused-ring (bicyclic) bond motifs is 1. The van der Waals surface area contributed by atoms with Gasteiger partial charge in [0, 0.05) is 18.3 Å². The van der Waals surface area contributed by atoms with Gasteiger partial charge in [0.05, 0.1) is 5.39 Å². The number of thiophene rings is 1. The minimum absolute atomic E-state index is 0.337. The van der Waals surface area contributed by atoms with Gasteiger partial charge in [0.1, 0.15) is 17.0 Å². The van der Waals surface area contributed by atoms with Crippen molar-refractivity contribution in [3.8, 4) is 0 Å². The minimum Gasteiger partial charge on any atom is -0.399 e. The number of nitrogen functional groups attached to an aromatic ring is 1. The van der Waals surface area contributed by atoms with Gasteiger partial charge in [-0.3, -0.25) is 0 Å². The van der Waals surface area contributed by atoms with Crippen molar-refractivity contribution in [3.63, 3.8) is 0 Å². The number of nitrogens with two attached hydrogens (primary N) is 1. The smallest absolute Gasteiger partial charge is 0.141 e. The van der Waals surface area contributed by atoms with Gasteiger partial charge in [0.2, 0.25) is 0 Å². The molecule has 2 aromatic heterocycles. The molecule has 0 saturated heterocycles. The molecule has 0 unspecified atom stereocenters. The average molecular weight is 298 g/mol. The summed E-state index contributed by atoms with van der Waals surface area (Å²) in [5, 5.41) is 3.17. The first kappa shape index (κ1) is 13.8. The van der Waals surface area contributed by atoms with E-state index in [0.29, 0.717) is 6.04 Å². The van der Waals surface area contributed by atoms with E-state index < -0.39 is 0 Å². The molecule has 5 heteroatoms. The number of nitrogens with zero attached hydrogens (tertiary/aromatic N) is 3. The summed E-state index contributed by atoms with van der Waals surface area (Å²) in [6.07, 6.45) is 1.64. The highest BCUT2D eigenvalue weighted by Crippen LogP contribution is 2.29. The van der Waals surface area contributed by atoms with Crippen LogP contribution in [0.3, 0.4) is 0 Å². The quantitative estimate of drug-likeness (QED) is 0.746. The van der Waals surface area contributed by atoms with Gasteiger partial charge in [-0.25, -0.2) is 9.97 Å². The molecule has 21 heavy (non-hydrogen) atoms. The van der Waals surface area contributed by atoms with Crippen molar-refractivity contribution in [2.75, 3.05) is 10.6 Å². The van der Waals surface area contributed by atoms with Crippen molar-refractivity contribution in [2.45, 2.75) is 26.4 Å². The van der Waals surface area contributed by atoms with Crippen LogP contribution >= 0.6 is 11.3 Å². The maximum absolute atomic E-state index is 5.88. The Hall–Kier alpha value is -2.14. The van der Waals surface area contributed by atoms with Gasteiger partial charge in [-0.1, -0.05) is 12.1 Å². The van der Waals surface area contributed by atoms with Gasteiger partial charge >= 0.3 is 0 Å². The van der Waals surface area contributed by atoms with E-state index in [1.807, 2.05) is 18.2 Å². The van der Waals surface area contributed by atoms with E-state index in [-0.39, 0.29) is 0 Å². The van der Waals surface area contributed by atoms with E-state index in [0.717, 1.165) is 28.3 Å². The fraction of sp³-hybridized carbons (Fsp3) is 0.250. The molecule has 0 bridgehead atoms. The molecule has 0 atom stereocenters. The molecule has 0 aliphatic carbocycles. The number of rotatable bonds is 4. The molecule has 0 saturated carbocycles. The lowest BCUT2D eigenvalue weighted by molar-refractivity contribution is 0.675. The Balaban J connectivity index is 2.00. The SMILES string of the molecule is CC(C)N(Cc1cccc(N)c1)c1ncnc2sccc12. The Bertz CT molecular complexity index is 751. The lowest BCUT2D eigenvalue weighted by atomic mass is 10.1. The van der Waals surface area contributed by atoms with Crippen LogP contribution in [0.4, 0.5) is 11.5 Å². The molecule has 1 aromatic carbocycles. The Morgan fingerprint density at radius 1 is 1.24 bits per heavy atom. The lowest BCUT2D eigenvalue weighted by Crippen LogP contribution is -2.31. The summed E-state index contributed by atoms with van der Waals surface area (Å²) in [5.41, 5.74) is 7.86. The molecule has 0 radical (unpaired) electrons. The van der Waals surface area contributed by atoms with Crippen molar-refractivity contribution in [2.24, 2.45) is 0 Å². The molecular formula is C16H18N4S. The normalized spacial score (nSPS) is 11.2. The molecule has 4 nitrogen and oxygen atoms in total. The van der Waals surface area contributed by atoms with Gasteiger partial charge in [-0.15, -0.1) is 11.3 Å². The van der Waals surface area contributed by atoms with Crippen LogP contribution in [-0.4, -0.2) is 16.0 Å². The number of aromatic nitrogens is 2. The summed E-state index contributed by atoms with van der Waals surface area (Å²) in [4.78, 5) is 12.1. The van der Waals surface area contributed by atoms with Crippen LogP contribution in [0, 0.1) is 0 Å².